The van der Waals surface area contributed by atoms with Crippen LogP contribution >= 0.6 is 11.3 Å². The molecule has 0 spiro atoms. The van der Waals surface area contributed by atoms with Crippen LogP contribution in [0.2, 0.25) is 0 Å². The van der Waals surface area contributed by atoms with Crippen molar-refractivity contribution < 1.29 is 9.53 Å². The van der Waals surface area contributed by atoms with E-state index >= 15 is 0 Å². The highest BCUT2D eigenvalue weighted by atomic mass is 32.1. The summed E-state index contributed by atoms with van der Waals surface area (Å²) in [5.41, 5.74) is 2.24. The number of rotatable bonds is 8. The van der Waals surface area contributed by atoms with E-state index in [0.29, 0.717) is 6.04 Å². The van der Waals surface area contributed by atoms with Crippen LogP contribution in [-0.2, 0) is 17.8 Å². The molecule has 0 aliphatic heterocycles. The summed E-state index contributed by atoms with van der Waals surface area (Å²) in [7, 11) is 3.80. The van der Waals surface area contributed by atoms with Gasteiger partial charge in [0.25, 0.3) is 0 Å². The molecule has 1 amide bonds. The van der Waals surface area contributed by atoms with Crippen molar-refractivity contribution in [2.45, 2.75) is 38.8 Å². The smallest absolute Gasteiger partial charge is 0.225 e. The Kier molecular flexibility index (Phi) is 5.71. The van der Waals surface area contributed by atoms with Crippen LogP contribution < -0.4 is 9.64 Å². The highest BCUT2D eigenvalue weighted by molar-refractivity contribution is 7.14. The molecule has 1 fully saturated rings. The van der Waals surface area contributed by atoms with E-state index in [2.05, 4.69) is 28.4 Å². The second-order valence-corrected chi connectivity index (χ2v) is 7.38. The monoisotopic (exact) mass is 359 g/mol. The summed E-state index contributed by atoms with van der Waals surface area (Å²) < 4.78 is 5.41. The Morgan fingerprint density at radius 3 is 2.80 bits per heavy atom. The number of aromatic nitrogens is 1. The number of para-hydroxylation sites is 1. The van der Waals surface area contributed by atoms with Gasteiger partial charge in [0.05, 0.1) is 12.8 Å². The molecule has 0 bridgehead atoms. The maximum absolute atomic E-state index is 11.8. The molecule has 2 aromatic rings. The molecule has 1 aromatic carbocycles. The van der Waals surface area contributed by atoms with Gasteiger partial charge in [0.2, 0.25) is 5.91 Å². The minimum atomic E-state index is 0.0907. The van der Waals surface area contributed by atoms with Gasteiger partial charge >= 0.3 is 0 Å². The molecule has 0 unspecified atom stereocenters. The van der Waals surface area contributed by atoms with Crippen molar-refractivity contribution in [3.8, 4) is 5.75 Å². The molecule has 0 N–H and O–H groups in total. The van der Waals surface area contributed by atoms with E-state index < -0.39 is 0 Å². The zero-order chi connectivity index (χ0) is 17.8. The first-order chi connectivity index (χ1) is 12.1. The number of anilines is 1. The van der Waals surface area contributed by atoms with Crippen LogP contribution in [0.15, 0.2) is 29.6 Å². The van der Waals surface area contributed by atoms with E-state index in [1.165, 1.54) is 5.56 Å². The number of ether oxygens (including phenoxy) is 1. The lowest BCUT2D eigenvalue weighted by molar-refractivity contribution is -0.116. The Morgan fingerprint density at radius 1 is 1.36 bits per heavy atom. The number of nitrogens with zero attached hydrogens (tertiary/aromatic N) is 3. The third-order valence-corrected chi connectivity index (χ3v) is 5.27. The molecule has 1 saturated carbocycles. The molecule has 134 valence electrons. The Morgan fingerprint density at radius 2 is 2.12 bits per heavy atom. The fourth-order valence-electron chi connectivity index (χ4n) is 2.94. The minimum absolute atomic E-state index is 0.0907. The number of carbonyl (C=O) groups excluding carboxylic acids is 1. The van der Waals surface area contributed by atoms with E-state index in [1.807, 2.05) is 23.1 Å². The van der Waals surface area contributed by atoms with Gasteiger partial charge in [0, 0.05) is 31.4 Å². The van der Waals surface area contributed by atoms with E-state index in [4.69, 9.17) is 4.74 Å². The predicted molar refractivity (Wildman–Crippen MR) is 101 cm³/mol. The van der Waals surface area contributed by atoms with Crippen molar-refractivity contribution in [1.82, 2.24) is 9.88 Å². The second-order valence-electron chi connectivity index (χ2n) is 6.54. The molecule has 1 heterocycles. The van der Waals surface area contributed by atoms with Gasteiger partial charge in [-0.2, -0.15) is 0 Å². The van der Waals surface area contributed by atoms with Crippen LogP contribution in [0.4, 0.5) is 5.13 Å². The first kappa shape index (κ1) is 17.9. The first-order valence-electron chi connectivity index (χ1n) is 8.63. The van der Waals surface area contributed by atoms with Gasteiger partial charge in [0.1, 0.15) is 5.75 Å². The van der Waals surface area contributed by atoms with Crippen molar-refractivity contribution in [2.24, 2.45) is 0 Å². The fraction of sp³-hybridized carbons (Fsp3) is 0.474. The lowest BCUT2D eigenvalue weighted by Gasteiger charge is -2.17. The highest BCUT2D eigenvalue weighted by Gasteiger charge is 2.33. The highest BCUT2D eigenvalue weighted by Crippen LogP contribution is 2.33. The first-order valence-corrected chi connectivity index (χ1v) is 9.51. The molecule has 3 rings (SSSR count). The lowest BCUT2D eigenvalue weighted by Crippen LogP contribution is -2.30. The number of hydrogen-bond acceptors (Lipinski definition) is 5. The van der Waals surface area contributed by atoms with Crippen LogP contribution in [0.25, 0.3) is 0 Å². The maximum atomic E-state index is 11.8. The number of methoxy groups -OCH3 is 1. The zero-order valence-electron chi connectivity index (χ0n) is 15.1. The molecule has 1 aliphatic rings. The minimum Gasteiger partial charge on any atom is -0.496 e. The quantitative estimate of drug-likeness (QED) is 0.725. The number of thiazole rings is 1. The van der Waals surface area contributed by atoms with Crippen LogP contribution in [-0.4, -0.2) is 42.5 Å². The molecule has 25 heavy (non-hydrogen) atoms. The molecular weight excluding hydrogens is 334 g/mol. The van der Waals surface area contributed by atoms with Crippen LogP contribution in [0.1, 0.15) is 31.0 Å². The van der Waals surface area contributed by atoms with E-state index in [1.54, 1.807) is 25.4 Å². The molecule has 1 aromatic heterocycles. The Balaban J connectivity index is 1.56. The molecule has 0 saturated heterocycles. The largest absolute Gasteiger partial charge is 0.496 e. The van der Waals surface area contributed by atoms with Gasteiger partial charge in [0.15, 0.2) is 5.13 Å². The molecule has 5 nitrogen and oxygen atoms in total. The van der Waals surface area contributed by atoms with Crippen molar-refractivity contribution in [2.75, 3.05) is 25.6 Å². The zero-order valence-corrected chi connectivity index (χ0v) is 15.9. The lowest BCUT2D eigenvalue weighted by atomic mass is 10.1. The number of benzene rings is 1. The van der Waals surface area contributed by atoms with Gasteiger partial charge in [-0.1, -0.05) is 18.2 Å². The molecule has 1 aliphatic carbocycles. The number of amides is 1. The third-order valence-electron chi connectivity index (χ3n) is 4.38. The fourth-order valence-corrected chi connectivity index (χ4v) is 3.87. The predicted octanol–water partition coefficient (Wildman–Crippen LogP) is 3.34. The van der Waals surface area contributed by atoms with E-state index in [0.717, 1.165) is 48.9 Å². The third kappa shape index (κ3) is 4.58. The van der Waals surface area contributed by atoms with Crippen LogP contribution in [0.3, 0.4) is 0 Å². The second kappa shape index (κ2) is 7.97. The summed E-state index contributed by atoms with van der Waals surface area (Å²) in [4.78, 5) is 20.6. The topological polar surface area (TPSA) is 45.7 Å². The standard InChI is InChI=1S/C19H25N3O2S/c1-14(23)22(17-8-9-17)19-20-16(13-25-19)12-21(2)11-10-15-6-4-5-7-18(15)24-3/h4-7,13,17H,8-12H2,1-3H3. The van der Waals surface area contributed by atoms with Crippen LogP contribution in [0.5, 0.6) is 5.75 Å². The average molecular weight is 359 g/mol. The summed E-state index contributed by atoms with van der Waals surface area (Å²) >= 11 is 1.56. The molecule has 0 radical (unpaired) electrons. The Bertz CT molecular complexity index is 727. The number of hydrogen-bond donors (Lipinski definition) is 0. The summed E-state index contributed by atoms with van der Waals surface area (Å²) in [5.74, 6) is 1.03. The van der Waals surface area contributed by atoms with Crippen molar-refractivity contribution in [1.29, 1.82) is 0 Å². The Hall–Kier alpha value is -1.92. The SMILES string of the molecule is COc1ccccc1CCN(C)Cc1csc(N(C(C)=O)C2CC2)n1. The van der Waals surface area contributed by atoms with Gasteiger partial charge in [-0.05, 0) is 37.9 Å². The van der Waals surface area contributed by atoms with Crippen molar-refractivity contribution in [3.05, 3.63) is 40.9 Å². The van der Waals surface area contributed by atoms with Crippen molar-refractivity contribution >= 4 is 22.4 Å². The molecule has 0 atom stereocenters. The van der Waals surface area contributed by atoms with Gasteiger partial charge in [-0.15, -0.1) is 11.3 Å². The van der Waals surface area contributed by atoms with Gasteiger partial charge in [-0.3, -0.25) is 9.69 Å². The summed E-state index contributed by atoms with van der Waals surface area (Å²) in [6, 6.07) is 8.49. The average Bonchev–Trinajstić information content (AvgIpc) is 3.32. The van der Waals surface area contributed by atoms with Gasteiger partial charge < -0.3 is 9.64 Å². The summed E-state index contributed by atoms with van der Waals surface area (Å²) in [5, 5.41) is 2.90. The summed E-state index contributed by atoms with van der Waals surface area (Å²) in [6.45, 7) is 3.33. The van der Waals surface area contributed by atoms with Crippen molar-refractivity contribution in [3.63, 3.8) is 0 Å². The van der Waals surface area contributed by atoms with Gasteiger partial charge in [-0.25, -0.2) is 4.98 Å². The van der Waals surface area contributed by atoms with Crippen LogP contribution in [0, 0.1) is 0 Å². The maximum Gasteiger partial charge on any atom is 0.225 e. The number of likely N-dealkylation sites (N-methyl/N-ethyl adjacent to an activating group) is 1. The van der Waals surface area contributed by atoms with E-state index in [-0.39, 0.29) is 5.91 Å². The Labute approximate surface area is 153 Å². The van der Waals surface area contributed by atoms with E-state index in [9.17, 15) is 4.79 Å². The molecule has 6 heteroatoms. The number of carbonyl (C=O) groups is 1. The normalized spacial score (nSPS) is 13.9. The summed E-state index contributed by atoms with van der Waals surface area (Å²) in [6.07, 6.45) is 3.11. The molecular formula is C19H25N3O2S.